The molecule has 3 aliphatic heterocycles. The lowest BCUT2D eigenvalue weighted by molar-refractivity contribution is 0.0595. The number of nitrogens with one attached hydrogen (secondary N) is 1. The van der Waals surface area contributed by atoms with Crippen molar-refractivity contribution in [1.29, 1.82) is 0 Å². The highest BCUT2D eigenvalue weighted by molar-refractivity contribution is 4.97. The first-order valence-corrected chi connectivity index (χ1v) is 7.43. The summed E-state index contributed by atoms with van der Waals surface area (Å²) in [6.07, 6.45) is 5.59. The van der Waals surface area contributed by atoms with Crippen molar-refractivity contribution in [1.82, 2.24) is 15.1 Å². The Bertz CT molecular complexity index is 268. The van der Waals surface area contributed by atoms with Crippen LogP contribution < -0.4 is 5.32 Å². The van der Waals surface area contributed by atoms with Gasteiger partial charge in [-0.3, -0.25) is 4.90 Å². The fourth-order valence-corrected chi connectivity index (χ4v) is 4.21. The Morgan fingerprint density at radius 3 is 2.88 bits per heavy atom. The Balaban J connectivity index is 1.78. The van der Waals surface area contributed by atoms with Gasteiger partial charge in [-0.15, -0.1) is 0 Å². The van der Waals surface area contributed by atoms with Gasteiger partial charge in [0.2, 0.25) is 0 Å². The maximum absolute atomic E-state index is 3.87. The molecule has 2 unspecified atom stereocenters. The number of likely N-dealkylation sites (tertiary alicyclic amines) is 1. The molecule has 3 heterocycles. The smallest absolute Gasteiger partial charge is 0.0223 e. The van der Waals surface area contributed by atoms with E-state index in [-0.39, 0.29) is 0 Å². The molecule has 0 aromatic rings. The molecule has 17 heavy (non-hydrogen) atoms. The van der Waals surface area contributed by atoms with Gasteiger partial charge >= 0.3 is 0 Å². The average Bonchev–Trinajstić information content (AvgIpc) is 2.49. The van der Waals surface area contributed by atoms with Crippen molar-refractivity contribution in [3.8, 4) is 0 Å². The molecule has 0 amide bonds. The zero-order valence-electron chi connectivity index (χ0n) is 11.4. The highest BCUT2D eigenvalue weighted by Gasteiger charge is 2.40. The minimum Gasteiger partial charge on any atom is -0.312 e. The van der Waals surface area contributed by atoms with Crippen molar-refractivity contribution < 1.29 is 0 Å². The van der Waals surface area contributed by atoms with Crippen LogP contribution in [0.3, 0.4) is 0 Å². The summed E-state index contributed by atoms with van der Waals surface area (Å²) in [4.78, 5) is 5.32. The normalized spacial score (nSPS) is 44.8. The van der Waals surface area contributed by atoms with Gasteiger partial charge in [0.15, 0.2) is 0 Å². The molecule has 3 heteroatoms. The number of rotatable bonds is 0. The highest BCUT2D eigenvalue weighted by atomic mass is 15.3. The second kappa shape index (κ2) is 4.87. The average molecular weight is 237 g/mol. The predicted octanol–water partition coefficient (Wildman–Crippen LogP) is 1.15. The molecule has 4 atom stereocenters. The second-order valence-electron chi connectivity index (χ2n) is 6.36. The molecule has 0 radical (unpaired) electrons. The van der Waals surface area contributed by atoms with Crippen molar-refractivity contribution in [3.63, 3.8) is 0 Å². The van der Waals surface area contributed by atoms with E-state index in [0.717, 1.165) is 24.0 Å². The molecule has 0 aromatic carbocycles. The lowest BCUT2D eigenvalue weighted by Gasteiger charge is -2.43. The SMILES string of the molecule is C[C@H]1[C@@H]2CN(C)CCC2NCC2CCCCN21. The molecule has 1 N–H and O–H groups in total. The third-order valence-corrected chi connectivity index (χ3v) is 5.29. The van der Waals surface area contributed by atoms with Crippen molar-refractivity contribution in [2.24, 2.45) is 5.92 Å². The number of fused-ring (bicyclic) bond motifs is 2. The molecule has 3 saturated heterocycles. The number of piperidine rings is 2. The molecule has 0 aliphatic carbocycles. The van der Waals surface area contributed by atoms with Crippen LogP contribution in [-0.4, -0.2) is 61.2 Å². The van der Waals surface area contributed by atoms with E-state index >= 15 is 0 Å². The summed E-state index contributed by atoms with van der Waals surface area (Å²) in [5, 5.41) is 3.87. The topological polar surface area (TPSA) is 18.5 Å². The zero-order valence-corrected chi connectivity index (χ0v) is 11.4. The van der Waals surface area contributed by atoms with Crippen LogP contribution >= 0.6 is 0 Å². The van der Waals surface area contributed by atoms with Gasteiger partial charge in [0.25, 0.3) is 0 Å². The quantitative estimate of drug-likeness (QED) is 0.682. The molecule has 0 bridgehead atoms. The molecule has 3 aliphatic rings. The molecule has 0 aromatic heterocycles. The van der Waals surface area contributed by atoms with Crippen LogP contribution in [0.25, 0.3) is 0 Å². The molecule has 98 valence electrons. The first kappa shape index (κ1) is 11.9. The first-order chi connectivity index (χ1) is 8.25. The van der Waals surface area contributed by atoms with E-state index in [1.807, 2.05) is 0 Å². The number of nitrogens with zero attached hydrogens (tertiary/aromatic N) is 2. The molecule has 3 rings (SSSR count). The maximum Gasteiger partial charge on any atom is 0.0223 e. The van der Waals surface area contributed by atoms with Crippen LogP contribution in [0.1, 0.15) is 32.6 Å². The molecular formula is C14H27N3. The molecular weight excluding hydrogens is 210 g/mol. The van der Waals surface area contributed by atoms with E-state index in [2.05, 4.69) is 29.1 Å². The fourth-order valence-electron chi connectivity index (χ4n) is 4.21. The van der Waals surface area contributed by atoms with Crippen molar-refractivity contribution in [2.75, 3.05) is 33.2 Å². The lowest BCUT2D eigenvalue weighted by Crippen LogP contribution is -2.53. The fraction of sp³-hybridized carbons (Fsp3) is 1.00. The maximum atomic E-state index is 3.87. The van der Waals surface area contributed by atoms with Gasteiger partial charge in [-0.25, -0.2) is 0 Å². The van der Waals surface area contributed by atoms with E-state index in [9.17, 15) is 0 Å². The summed E-state index contributed by atoms with van der Waals surface area (Å²) in [7, 11) is 2.28. The number of hydrogen-bond donors (Lipinski definition) is 1. The van der Waals surface area contributed by atoms with Gasteiger partial charge in [-0.1, -0.05) is 6.42 Å². The lowest BCUT2D eigenvalue weighted by atomic mass is 9.86. The van der Waals surface area contributed by atoms with Gasteiger partial charge < -0.3 is 10.2 Å². The second-order valence-corrected chi connectivity index (χ2v) is 6.36. The standard InChI is InChI=1S/C14H27N3/c1-11-13-10-16(2)8-6-14(13)15-9-12-5-3-4-7-17(11)12/h11-15H,3-10H2,1-2H3/t11-,12?,13-,14?/m0/s1. The summed E-state index contributed by atoms with van der Waals surface area (Å²) in [5.41, 5.74) is 0. The summed E-state index contributed by atoms with van der Waals surface area (Å²) in [5.74, 6) is 0.830. The predicted molar refractivity (Wildman–Crippen MR) is 71.2 cm³/mol. The van der Waals surface area contributed by atoms with Crippen LogP contribution in [-0.2, 0) is 0 Å². The molecule has 3 fully saturated rings. The Labute approximate surface area is 106 Å². The van der Waals surface area contributed by atoms with Crippen molar-refractivity contribution >= 4 is 0 Å². The monoisotopic (exact) mass is 237 g/mol. The van der Waals surface area contributed by atoms with Crippen molar-refractivity contribution in [2.45, 2.75) is 50.7 Å². The van der Waals surface area contributed by atoms with Gasteiger partial charge in [-0.2, -0.15) is 0 Å². The Hall–Kier alpha value is -0.120. The minimum atomic E-state index is 0.767. The van der Waals surface area contributed by atoms with E-state index in [0.29, 0.717) is 0 Å². The minimum absolute atomic E-state index is 0.767. The zero-order chi connectivity index (χ0) is 11.8. The van der Waals surface area contributed by atoms with Gasteiger partial charge in [0, 0.05) is 37.1 Å². The summed E-state index contributed by atoms with van der Waals surface area (Å²) in [6, 6.07) is 2.35. The number of hydrogen-bond acceptors (Lipinski definition) is 3. The first-order valence-electron chi connectivity index (χ1n) is 7.43. The summed E-state index contributed by atoms with van der Waals surface area (Å²) in [6.45, 7) is 7.59. The highest BCUT2D eigenvalue weighted by Crippen LogP contribution is 2.30. The van der Waals surface area contributed by atoms with Gasteiger partial charge in [-0.05, 0) is 46.3 Å². The molecule has 0 saturated carbocycles. The van der Waals surface area contributed by atoms with E-state index in [1.54, 1.807) is 0 Å². The van der Waals surface area contributed by atoms with E-state index in [1.165, 1.54) is 51.9 Å². The van der Waals surface area contributed by atoms with Crippen molar-refractivity contribution in [3.05, 3.63) is 0 Å². The third-order valence-electron chi connectivity index (χ3n) is 5.29. The van der Waals surface area contributed by atoms with E-state index in [4.69, 9.17) is 0 Å². The summed E-state index contributed by atoms with van der Waals surface area (Å²) < 4.78 is 0. The Morgan fingerprint density at radius 2 is 2.00 bits per heavy atom. The largest absolute Gasteiger partial charge is 0.312 e. The van der Waals surface area contributed by atoms with Crippen LogP contribution in [0.15, 0.2) is 0 Å². The van der Waals surface area contributed by atoms with Crippen LogP contribution in [0, 0.1) is 5.92 Å². The summed E-state index contributed by atoms with van der Waals surface area (Å²) >= 11 is 0. The molecule has 0 spiro atoms. The van der Waals surface area contributed by atoms with Gasteiger partial charge in [0.05, 0.1) is 0 Å². The van der Waals surface area contributed by atoms with Crippen LogP contribution in [0.2, 0.25) is 0 Å². The van der Waals surface area contributed by atoms with Gasteiger partial charge in [0.1, 0.15) is 0 Å². The van der Waals surface area contributed by atoms with Crippen LogP contribution in [0.5, 0.6) is 0 Å². The third kappa shape index (κ3) is 2.25. The Kier molecular flexibility index (Phi) is 3.42. The van der Waals surface area contributed by atoms with Crippen LogP contribution in [0.4, 0.5) is 0 Å². The van der Waals surface area contributed by atoms with E-state index < -0.39 is 0 Å². The Morgan fingerprint density at radius 1 is 1.12 bits per heavy atom. The molecule has 3 nitrogen and oxygen atoms in total.